The molecule has 11 heteroatoms. The molecule has 4 aromatic rings. The highest BCUT2D eigenvalue weighted by atomic mass is 16.2. The number of nitrogens with zero attached hydrogens (tertiary/aromatic N) is 5. The molecule has 1 amide bonds. The van der Waals surface area contributed by atoms with Crippen molar-refractivity contribution < 1.29 is 4.79 Å². The van der Waals surface area contributed by atoms with Crippen molar-refractivity contribution in [3.8, 4) is 0 Å². The second-order valence-electron chi connectivity index (χ2n) is 7.20. The van der Waals surface area contributed by atoms with Crippen LogP contribution in [0.15, 0.2) is 52.6 Å². The van der Waals surface area contributed by atoms with E-state index in [-0.39, 0.29) is 17.7 Å². The van der Waals surface area contributed by atoms with Gasteiger partial charge in [0.1, 0.15) is 12.4 Å². The first-order valence-electron chi connectivity index (χ1n) is 9.57. The zero-order valence-corrected chi connectivity index (χ0v) is 17.4. The van der Waals surface area contributed by atoms with Gasteiger partial charge in [-0.2, -0.15) is 0 Å². The number of hydrogen-bond donors (Lipinski definition) is 3. The standard InChI is InChI=1S/C21H20N8O3/c1-27-19-18(20(31)28(2)21(27)32)29(11-25-19)10-17(30)26-16-6-14-5-12(15(7-22)8-23)3-4-13(14)9-24-16/h3-9,11,22H,10,23H2,1-2H3,(H,24,26,30)/b15-8+,22-7?. The first-order valence-corrected chi connectivity index (χ1v) is 9.57. The molecule has 3 heterocycles. The van der Waals surface area contributed by atoms with E-state index in [1.807, 2.05) is 18.2 Å². The van der Waals surface area contributed by atoms with Gasteiger partial charge in [0.05, 0.1) is 6.33 Å². The van der Waals surface area contributed by atoms with Gasteiger partial charge in [-0.3, -0.25) is 18.7 Å². The number of amides is 1. The van der Waals surface area contributed by atoms with E-state index >= 15 is 0 Å². The van der Waals surface area contributed by atoms with Crippen LogP contribution in [0.25, 0.3) is 27.5 Å². The molecule has 0 saturated heterocycles. The first-order chi connectivity index (χ1) is 15.3. The maximum atomic E-state index is 12.6. The molecule has 0 saturated carbocycles. The van der Waals surface area contributed by atoms with Crippen molar-refractivity contribution in [1.82, 2.24) is 23.7 Å². The van der Waals surface area contributed by atoms with Crippen molar-refractivity contribution in [2.24, 2.45) is 19.8 Å². The number of carbonyl (C=O) groups excluding carboxylic acids is 1. The molecule has 0 aliphatic rings. The number of rotatable bonds is 5. The molecule has 0 aliphatic heterocycles. The Hall–Kier alpha value is -4.54. The van der Waals surface area contributed by atoms with Crippen molar-refractivity contribution in [3.05, 3.63) is 69.4 Å². The van der Waals surface area contributed by atoms with Gasteiger partial charge in [-0.15, -0.1) is 0 Å². The predicted octanol–water partition coefficient (Wildman–Crippen LogP) is 0.570. The van der Waals surface area contributed by atoms with Crippen LogP contribution in [-0.4, -0.2) is 35.8 Å². The first kappa shape index (κ1) is 20.7. The highest BCUT2D eigenvalue weighted by Crippen LogP contribution is 2.22. The molecule has 0 unspecified atom stereocenters. The van der Waals surface area contributed by atoms with Crippen LogP contribution in [0.4, 0.5) is 5.82 Å². The smallest absolute Gasteiger partial charge is 0.332 e. The van der Waals surface area contributed by atoms with Gasteiger partial charge in [-0.05, 0) is 23.1 Å². The van der Waals surface area contributed by atoms with E-state index in [0.717, 1.165) is 20.9 Å². The topological polar surface area (TPSA) is 154 Å². The van der Waals surface area contributed by atoms with Crippen LogP contribution in [0.5, 0.6) is 0 Å². The van der Waals surface area contributed by atoms with Crippen LogP contribution in [0.2, 0.25) is 0 Å². The lowest BCUT2D eigenvalue weighted by atomic mass is 10.0. The zero-order chi connectivity index (χ0) is 23.0. The molecule has 0 aliphatic carbocycles. The lowest BCUT2D eigenvalue weighted by molar-refractivity contribution is -0.116. The highest BCUT2D eigenvalue weighted by Gasteiger charge is 2.16. The van der Waals surface area contributed by atoms with Crippen molar-refractivity contribution in [1.29, 1.82) is 5.41 Å². The summed E-state index contributed by atoms with van der Waals surface area (Å²) in [5.41, 5.74) is 6.24. The Bertz CT molecular complexity index is 1540. The molecule has 4 N–H and O–H groups in total. The van der Waals surface area contributed by atoms with Crippen LogP contribution < -0.4 is 22.3 Å². The Morgan fingerprint density at radius 3 is 2.66 bits per heavy atom. The summed E-state index contributed by atoms with van der Waals surface area (Å²) < 4.78 is 3.62. The second-order valence-corrected chi connectivity index (χ2v) is 7.20. The average Bonchev–Trinajstić information content (AvgIpc) is 3.20. The SMILES string of the molecule is Cn1c(=O)c2c(ncn2CC(=O)Nc2cc3cc(/C(C=N)=C/N)ccc3cn2)n(C)c1=O. The fourth-order valence-corrected chi connectivity index (χ4v) is 3.47. The number of aromatic nitrogens is 5. The summed E-state index contributed by atoms with van der Waals surface area (Å²) in [6, 6.07) is 7.26. The van der Waals surface area contributed by atoms with Crippen LogP contribution in [-0.2, 0) is 25.4 Å². The number of fused-ring (bicyclic) bond motifs is 2. The average molecular weight is 432 g/mol. The largest absolute Gasteiger partial charge is 0.404 e. The summed E-state index contributed by atoms with van der Waals surface area (Å²) in [6.45, 7) is -0.183. The summed E-state index contributed by atoms with van der Waals surface area (Å²) >= 11 is 0. The fraction of sp³-hybridized carbons (Fsp3) is 0.143. The predicted molar refractivity (Wildman–Crippen MR) is 122 cm³/mol. The summed E-state index contributed by atoms with van der Waals surface area (Å²) in [5, 5.41) is 11.8. The lowest BCUT2D eigenvalue weighted by Crippen LogP contribution is -2.37. The van der Waals surface area contributed by atoms with E-state index in [4.69, 9.17) is 11.1 Å². The van der Waals surface area contributed by atoms with Gasteiger partial charge in [0.25, 0.3) is 5.56 Å². The highest BCUT2D eigenvalue weighted by molar-refractivity contribution is 6.09. The van der Waals surface area contributed by atoms with Crippen LogP contribution >= 0.6 is 0 Å². The molecule has 4 rings (SSSR count). The third kappa shape index (κ3) is 3.45. The van der Waals surface area contributed by atoms with Crippen LogP contribution in [0.3, 0.4) is 0 Å². The summed E-state index contributed by atoms with van der Waals surface area (Å²) in [6.07, 6.45) is 5.50. The molecule has 3 aromatic heterocycles. The minimum absolute atomic E-state index is 0.161. The molecule has 11 nitrogen and oxygen atoms in total. The minimum atomic E-state index is -0.528. The third-order valence-electron chi connectivity index (χ3n) is 5.19. The number of nitrogens with two attached hydrogens (primary N) is 1. The van der Waals surface area contributed by atoms with Crippen molar-refractivity contribution in [3.63, 3.8) is 0 Å². The van der Waals surface area contributed by atoms with Gasteiger partial charge < -0.3 is 21.0 Å². The summed E-state index contributed by atoms with van der Waals surface area (Å²) in [7, 11) is 2.89. The lowest BCUT2D eigenvalue weighted by Gasteiger charge is -2.09. The monoisotopic (exact) mass is 432 g/mol. The molecule has 0 fully saturated rings. The molecular formula is C21H20N8O3. The van der Waals surface area contributed by atoms with Crippen LogP contribution in [0, 0.1) is 5.41 Å². The van der Waals surface area contributed by atoms with E-state index in [0.29, 0.717) is 11.4 Å². The van der Waals surface area contributed by atoms with Gasteiger partial charge in [0.15, 0.2) is 11.2 Å². The Balaban J connectivity index is 1.63. The molecule has 0 atom stereocenters. The second kappa shape index (κ2) is 7.95. The van der Waals surface area contributed by atoms with Gasteiger partial charge in [0.2, 0.25) is 5.91 Å². The molecule has 162 valence electrons. The van der Waals surface area contributed by atoms with E-state index in [2.05, 4.69) is 15.3 Å². The Morgan fingerprint density at radius 1 is 1.16 bits per heavy atom. The van der Waals surface area contributed by atoms with E-state index in [9.17, 15) is 14.4 Å². The number of aryl methyl sites for hydroxylation is 1. The zero-order valence-electron chi connectivity index (χ0n) is 17.4. The number of imidazole rings is 1. The van der Waals surface area contributed by atoms with E-state index < -0.39 is 17.2 Å². The van der Waals surface area contributed by atoms with Gasteiger partial charge >= 0.3 is 5.69 Å². The molecule has 0 radical (unpaired) electrons. The van der Waals surface area contributed by atoms with Gasteiger partial charge in [-0.1, -0.05) is 12.1 Å². The normalized spacial score (nSPS) is 11.8. The van der Waals surface area contributed by atoms with E-state index in [1.54, 1.807) is 12.3 Å². The number of benzene rings is 1. The maximum Gasteiger partial charge on any atom is 0.332 e. The number of anilines is 1. The minimum Gasteiger partial charge on any atom is -0.404 e. The van der Waals surface area contributed by atoms with Crippen molar-refractivity contribution >= 4 is 45.4 Å². The van der Waals surface area contributed by atoms with Crippen molar-refractivity contribution in [2.45, 2.75) is 6.54 Å². The molecule has 1 aromatic carbocycles. The summed E-state index contributed by atoms with van der Waals surface area (Å²) in [4.78, 5) is 45.6. The quantitative estimate of drug-likeness (QED) is 0.392. The van der Waals surface area contributed by atoms with E-state index in [1.165, 1.54) is 42.0 Å². The molecule has 0 spiro atoms. The van der Waals surface area contributed by atoms with Crippen molar-refractivity contribution in [2.75, 3.05) is 5.32 Å². The molecular weight excluding hydrogens is 412 g/mol. The summed E-state index contributed by atoms with van der Waals surface area (Å²) in [5.74, 6) is -0.0808. The van der Waals surface area contributed by atoms with Crippen LogP contribution in [0.1, 0.15) is 5.56 Å². The number of allylic oxidation sites excluding steroid dienone is 1. The Labute approximate surface area is 180 Å². The number of hydrogen-bond acceptors (Lipinski definition) is 7. The Morgan fingerprint density at radius 2 is 1.94 bits per heavy atom. The number of nitrogens with one attached hydrogen (secondary N) is 2. The van der Waals surface area contributed by atoms with Gasteiger partial charge in [-0.25, -0.2) is 14.8 Å². The fourth-order valence-electron chi connectivity index (χ4n) is 3.47. The number of carbonyl (C=O) groups is 1. The Kier molecular flexibility index (Phi) is 5.15. The molecule has 0 bridgehead atoms. The molecule has 32 heavy (non-hydrogen) atoms. The maximum absolute atomic E-state index is 12.6. The number of pyridine rings is 1. The third-order valence-corrected chi connectivity index (χ3v) is 5.19. The van der Waals surface area contributed by atoms with Gasteiger partial charge in [0, 0.05) is 43.7 Å².